The van der Waals surface area contributed by atoms with E-state index in [0.29, 0.717) is 38.6 Å². The van der Waals surface area contributed by atoms with Gasteiger partial charge in [0.25, 0.3) is 5.56 Å². The fourth-order valence-electron chi connectivity index (χ4n) is 3.64. The van der Waals surface area contributed by atoms with Gasteiger partial charge in [-0.3, -0.25) is 19.0 Å². The maximum Gasteiger partial charge on any atom is 0.262 e. The summed E-state index contributed by atoms with van der Waals surface area (Å²) in [5.74, 6) is -0.0186. The molecule has 0 unspecified atom stereocenters. The highest BCUT2D eigenvalue weighted by Gasteiger charge is 2.29. The Labute approximate surface area is 166 Å². The number of para-hydroxylation sites is 1. The van der Waals surface area contributed by atoms with Crippen molar-refractivity contribution in [1.29, 1.82) is 0 Å². The minimum absolute atomic E-state index is 0.0474. The van der Waals surface area contributed by atoms with Crippen molar-refractivity contribution in [2.24, 2.45) is 0 Å². The standard InChI is InChI=1S/C21H21N3O3S/c1-11-18(13(3)25)12(2)22-19(11)17(26)10-28-21-23-16-7-5-4-6-15(16)20(27)24(21)14-8-9-14/h4-7,14,22H,8-10H2,1-3H3. The number of rotatable bonds is 6. The maximum atomic E-state index is 12.9. The average Bonchev–Trinajstić information content (AvgIpc) is 3.44. The van der Waals surface area contributed by atoms with Gasteiger partial charge in [-0.05, 0) is 51.3 Å². The first-order valence-electron chi connectivity index (χ1n) is 9.26. The molecule has 7 heteroatoms. The van der Waals surface area contributed by atoms with Crippen molar-refractivity contribution in [2.45, 2.75) is 44.8 Å². The lowest BCUT2D eigenvalue weighted by atomic mass is 10.1. The van der Waals surface area contributed by atoms with Crippen LogP contribution in [0.1, 0.15) is 57.9 Å². The van der Waals surface area contributed by atoms with E-state index in [1.54, 1.807) is 24.5 Å². The predicted molar refractivity (Wildman–Crippen MR) is 110 cm³/mol. The molecule has 0 amide bonds. The van der Waals surface area contributed by atoms with E-state index in [-0.39, 0.29) is 28.9 Å². The van der Waals surface area contributed by atoms with E-state index in [0.717, 1.165) is 12.8 Å². The number of carbonyl (C=O) groups excluding carboxylic acids is 2. The Morgan fingerprint density at radius 3 is 2.61 bits per heavy atom. The summed E-state index contributed by atoms with van der Waals surface area (Å²) in [6, 6.07) is 7.46. The lowest BCUT2D eigenvalue weighted by Gasteiger charge is -2.12. The number of hydrogen-bond donors (Lipinski definition) is 1. The first-order valence-corrected chi connectivity index (χ1v) is 10.2. The molecule has 1 aliphatic rings. The van der Waals surface area contributed by atoms with Crippen LogP contribution in [0.15, 0.2) is 34.2 Å². The molecule has 2 heterocycles. The number of benzene rings is 1. The highest BCUT2D eigenvalue weighted by molar-refractivity contribution is 7.99. The Balaban J connectivity index is 1.65. The number of carbonyl (C=O) groups is 2. The zero-order valence-corrected chi connectivity index (χ0v) is 16.9. The number of aryl methyl sites for hydroxylation is 1. The van der Waals surface area contributed by atoms with Crippen LogP contribution in [0.3, 0.4) is 0 Å². The minimum Gasteiger partial charge on any atom is -0.355 e. The molecule has 0 atom stereocenters. The first-order chi connectivity index (χ1) is 13.4. The Morgan fingerprint density at radius 1 is 1.25 bits per heavy atom. The van der Waals surface area contributed by atoms with Gasteiger partial charge in [0.2, 0.25) is 0 Å². The molecule has 144 valence electrons. The molecule has 0 bridgehead atoms. The van der Waals surface area contributed by atoms with E-state index >= 15 is 0 Å². The van der Waals surface area contributed by atoms with Crippen molar-refractivity contribution in [3.8, 4) is 0 Å². The third kappa shape index (κ3) is 3.20. The molecular weight excluding hydrogens is 374 g/mol. The van der Waals surface area contributed by atoms with E-state index in [4.69, 9.17) is 0 Å². The lowest BCUT2D eigenvalue weighted by Crippen LogP contribution is -2.23. The number of H-pyrrole nitrogens is 1. The Hall–Kier alpha value is -2.67. The fourth-order valence-corrected chi connectivity index (χ4v) is 4.58. The van der Waals surface area contributed by atoms with Crippen molar-refractivity contribution < 1.29 is 9.59 Å². The summed E-state index contributed by atoms with van der Waals surface area (Å²) >= 11 is 1.28. The number of nitrogens with one attached hydrogen (secondary N) is 1. The molecule has 6 nitrogen and oxygen atoms in total. The number of ketones is 2. The number of Topliss-reactive ketones (excluding diaryl/α,β-unsaturated/α-hetero) is 2. The van der Waals surface area contributed by atoms with Gasteiger partial charge >= 0.3 is 0 Å². The summed E-state index contributed by atoms with van der Waals surface area (Å²) in [6.07, 6.45) is 1.91. The van der Waals surface area contributed by atoms with Gasteiger partial charge in [-0.2, -0.15) is 0 Å². The smallest absolute Gasteiger partial charge is 0.262 e. The number of fused-ring (bicyclic) bond motifs is 1. The van der Waals surface area contributed by atoms with Crippen LogP contribution in [-0.2, 0) is 0 Å². The van der Waals surface area contributed by atoms with Crippen LogP contribution < -0.4 is 5.56 Å². The van der Waals surface area contributed by atoms with Crippen LogP contribution in [0, 0.1) is 13.8 Å². The summed E-state index contributed by atoms with van der Waals surface area (Å²) in [7, 11) is 0. The van der Waals surface area contributed by atoms with Crippen LogP contribution in [0.5, 0.6) is 0 Å². The summed E-state index contributed by atoms with van der Waals surface area (Å²) < 4.78 is 1.73. The Morgan fingerprint density at radius 2 is 1.96 bits per heavy atom. The molecule has 1 N–H and O–H groups in total. The van der Waals surface area contributed by atoms with Crippen molar-refractivity contribution in [3.63, 3.8) is 0 Å². The number of aromatic amines is 1. The monoisotopic (exact) mass is 395 g/mol. The topological polar surface area (TPSA) is 84.8 Å². The predicted octanol–water partition coefficient (Wildman–Crippen LogP) is 3.85. The molecule has 0 aliphatic heterocycles. The van der Waals surface area contributed by atoms with Gasteiger partial charge in [0, 0.05) is 17.3 Å². The van der Waals surface area contributed by atoms with Gasteiger partial charge in [0.1, 0.15) is 0 Å². The second-order valence-corrected chi connectivity index (χ2v) is 8.15. The molecule has 0 radical (unpaired) electrons. The molecule has 3 aromatic rings. The van der Waals surface area contributed by atoms with Crippen LogP contribution in [-0.4, -0.2) is 31.9 Å². The minimum atomic E-state index is -0.108. The highest BCUT2D eigenvalue weighted by Crippen LogP contribution is 2.37. The number of thioether (sulfide) groups is 1. The quantitative estimate of drug-likeness (QED) is 0.389. The molecular formula is C21H21N3O3S. The second kappa shape index (κ2) is 7.05. The van der Waals surface area contributed by atoms with Gasteiger partial charge in [-0.25, -0.2) is 4.98 Å². The molecule has 2 aromatic heterocycles. The van der Waals surface area contributed by atoms with E-state index < -0.39 is 0 Å². The Bertz CT molecular complexity index is 1170. The SMILES string of the molecule is CC(=O)c1c(C)[nH]c(C(=O)CSc2nc3ccccc3c(=O)n2C2CC2)c1C. The third-order valence-electron chi connectivity index (χ3n) is 5.09. The molecule has 1 aliphatic carbocycles. The third-order valence-corrected chi connectivity index (χ3v) is 6.04. The maximum absolute atomic E-state index is 12.9. The van der Waals surface area contributed by atoms with Gasteiger partial charge in [-0.1, -0.05) is 23.9 Å². The molecule has 1 fully saturated rings. The second-order valence-electron chi connectivity index (χ2n) is 7.21. The fraction of sp³-hybridized carbons (Fsp3) is 0.333. The van der Waals surface area contributed by atoms with Gasteiger partial charge < -0.3 is 4.98 Å². The van der Waals surface area contributed by atoms with Gasteiger partial charge in [-0.15, -0.1) is 0 Å². The van der Waals surface area contributed by atoms with Crippen molar-refractivity contribution in [3.05, 3.63) is 57.1 Å². The zero-order valence-electron chi connectivity index (χ0n) is 16.0. The van der Waals surface area contributed by atoms with Crippen LogP contribution in [0.2, 0.25) is 0 Å². The summed E-state index contributed by atoms with van der Waals surface area (Å²) in [6.45, 7) is 5.08. The summed E-state index contributed by atoms with van der Waals surface area (Å²) in [5, 5.41) is 1.18. The van der Waals surface area contributed by atoms with E-state index in [1.807, 2.05) is 18.2 Å². The van der Waals surface area contributed by atoms with Gasteiger partial charge in [0.05, 0.1) is 22.3 Å². The number of hydrogen-bond acceptors (Lipinski definition) is 5. The number of aromatic nitrogens is 3. The zero-order chi connectivity index (χ0) is 20.0. The molecule has 28 heavy (non-hydrogen) atoms. The normalized spacial score (nSPS) is 13.8. The van der Waals surface area contributed by atoms with Crippen LogP contribution in [0.25, 0.3) is 10.9 Å². The molecule has 1 aromatic carbocycles. The van der Waals surface area contributed by atoms with Gasteiger partial charge in [0.15, 0.2) is 16.7 Å². The highest BCUT2D eigenvalue weighted by atomic mass is 32.2. The molecule has 1 saturated carbocycles. The largest absolute Gasteiger partial charge is 0.355 e. The number of nitrogens with zero attached hydrogens (tertiary/aromatic N) is 2. The van der Waals surface area contributed by atoms with Crippen molar-refractivity contribution in [1.82, 2.24) is 14.5 Å². The summed E-state index contributed by atoms with van der Waals surface area (Å²) in [4.78, 5) is 45.2. The van der Waals surface area contributed by atoms with Crippen molar-refractivity contribution >= 4 is 34.2 Å². The molecule has 4 rings (SSSR count). The molecule has 0 spiro atoms. The lowest BCUT2D eigenvalue weighted by molar-refractivity contribution is 0.101. The average molecular weight is 395 g/mol. The van der Waals surface area contributed by atoms with Crippen LogP contribution >= 0.6 is 11.8 Å². The van der Waals surface area contributed by atoms with Crippen molar-refractivity contribution in [2.75, 3.05) is 5.75 Å². The summed E-state index contributed by atoms with van der Waals surface area (Å²) in [5.41, 5.74) is 3.01. The van der Waals surface area contributed by atoms with E-state index in [9.17, 15) is 14.4 Å². The van der Waals surface area contributed by atoms with Crippen LogP contribution in [0.4, 0.5) is 0 Å². The Kier molecular flexibility index (Phi) is 4.71. The van der Waals surface area contributed by atoms with E-state index in [1.165, 1.54) is 18.7 Å². The van der Waals surface area contributed by atoms with E-state index in [2.05, 4.69) is 9.97 Å². The first kappa shape index (κ1) is 18.7. The molecule has 0 saturated heterocycles.